The van der Waals surface area contributed by atoms with Crippen molar-refractivity contribution in [2.24, 2.45) is 11.8 Å². The van der Waals surface area contributed by atoms with Crippen molar-refractivity contribution in [3.8, 4) is 33.2 Å². The fourth-order valence-corrected chi connectivity index (χ4v) is 16.0. The van der Waals surface area contributed by atoms with E-state index >= 15 is 4.79 Å². The van der Waals surface area contributed by atoms with E-state index in [4.69, 9.17) is 19.2 Å². The number of aromatic nitrogens is 2. The van der Waals surface area contributed by atoms with E-state index in [1.807, 2.05) is 23.9 Å². The van der Waals surface area contributed by atoms with E-state index in [-0.39, 0.29) is 47.9 Å². The maximum atomic E-state index is 15.0. The van der Waals surface area contributed by atoms with Crippen molar-refractivity contribution in [2.75, 3.05) is 46.5 Å². The summed E-state index contributed by atoms with van der Waals surface area (Å²) in [5.74, 6) is -8.44. The number of benzene rings is 3. The summed E-state index contributed by atoms with van der Waals surface area (Å²) in [5, 5.41) is 127. The summed E-state index contributed by atoms with van der Waals surface area (Å²) >= 11 is 1.59. The number of nitrogens with one attached hydrogen (secondary N) is 6. The van der Waals surface area contributed by atoms with Crippen molar-refractivity contribution in [3.05, 3.63) is 95.8 Å². The van der Waals surface area contributed by atoms with E-state index in [9.17, 15) is 74.7 Å². The summed E-state index contributed by atoms with van der Waals surface area (Å²) in [6.07, 6.45) is 1.98. The number of carbonyl (C=O) groups is 7. The normalized spacial score (nSPS) is 27.8. The molecule has 0 spiro atoms. The lowest BCUT2D eigenvalue weighted by atomic mass is 9.66. The van der Waals surface area contributed by atoms with Gasteiger partial charge in [0.1, 0.15) is 36.3 Å². The lowest BCUT2D eigenvalue weighted by molar-refractivity contribution is -0.433. The zero-order valence-electron chi connectivity index (χ0n) is 56.7. The second kappa shape index (κ2) is 34.9. The Morgan fingerprint density at radius 1 is 0.775 bits per heavy atom. The second-order valence-electron chi connectivity index (χ2n) is 27.4. The zero-order valence-corrected chi connectivity index (χ0v) is 58.4. The number of carbonyl (C=O) groups excluding carboxylic acids is 7. The number of aliphatic hydroxyl groups excluding tert-OH is 8. The molecule has 2 aromatic heterocycles. The van der Waals surface area contributed by atoms with Gasteiger partial charge in [0.25, 0.3) is 18.2 Å². The number of β-amino-alcohol motifs (C(OH)–C–C–N with tert-alkyl or cyclic N) is 1. The van der Waals surface area contributed by atoms with Crippen LogP contribution >= 0.6 is 23.7 Å². The minimum Gasteiger partial charge on any atom is -0.504 e. The molecular formula is C69H92N10O21S2. The van der Waals surface area contributed by atoms with Gasteiger partial charge in [-0.25, -0.2) is 10.2 Å². The topological polar surface area (TPSA) is 455 Å². The lowest BCUT2D eigenvalue weighted by Crippen LogP contribution is -2.64. The largest absolute Gasteiger partial charge is 0.504 e. The van der Waals surface area contributed by atoms with Crippen molar-refractivity contribution in [1.82, 2.24) is 51.1 Å². The first-order valence-electron chi connectivity index (χ1n) is 34.4. The van der Waals surface area contributed by atoms with Gasteiger partial charge in [0.2, 0.25) is 35.4 Å². The average Bonchev–Trinajstić information content (AvgIpc) is 1.68. The Hall–Kier alpha value is -7.45. The molecule has 5 aliphatic rings. The number of phenolic OH excluding ortho intramolecular Hbond substituents is 1. The molecule has 3 aliphatic heterocycles. The fraction of sp³-hybridized carbons (Fsp3) is 0.565. The molecule has 3 saturated heterocycles. The van der Waals surface area contributed by atoms with Gasteiger partial charge in [-0.05, 0) is 111 Å². The number of methoxy groups -OCH3 is 1. The molecule has 5 heterocycles. The molecule has 0 unspecified atom stereocenters. The number of amides is 7. The molecule has 16 N–H and O–H groups in total. The highest BCUT2D eigenvalue weighted by Gasteiger charge is 2.50. The molecule has 0 bridgehead atoms. The summed E-state index contributed by atoms with van der Waals surface area (Å²) in [6, 6.07) is 6.33. The number of nitrogens with zero attached hydrogens (tertiary/aromatic N) is 4. The molecule has 5 fully saturated rings. The predicted molar refractivity (Wildman–Crippen MR) is 368 cm³/mol. The molecule has 10 rings (SSSR count). The van der Waals surface area contributed by atoms with Gasteiger partial charge in [-0.1, -0.05) is 89.4 Å². The highest BCUT2D eigenvalue weighted by atomic mass is 32.2. The number of fused-ring (bicyclic) bond motifs is 3. The van der Waals surface area contributed by atoms with Crippen molar-refractivity contribution >= 4 is 70.0 Å². The molecule has 102 heavy (non-hydrogen) atoms. The van der Waals surface area contributed by atoms with Crippen molar-refractivity contribution in [2.45, 2.75) is 188 Å². The Morgan fingerprint density at radius 2 is 1.45 bits per heavy atom. The van der Waals surface area contributed by atoms with E-state index < -0.39 is 184 Å². The molecule has 0 radical (unpaired) electrons. The van der Waals surface area contributed by atoms with Crippen molar-refractivity contribution < 1.29 is 103 Å². The Labute approximate surface area is 596 Å². The molecule has 33 heteroatoms. The standard InChI is InChI=1S/C69H92N10O21S2/c1-36-30-79-59(60(36)88)65(93)71-29-46(83)27-48(72-61(89)43-16-12-41(13-17-43)49-32-77-33-55(101-68(77)73-49)42-14-10-39(11-15-42)40-19-22-69(97-3,23-20-40)44-7-5-4-6-8-44)62(90)74-56(37(2)82)66(94)78-31-47(84)28-50(78)63(91)75-57(53(87)25-38-9-18-51(85)54(26-38)98-102-100-99-96)64(92)76-58(67(79)95)52(86)21-24-70-45(34-80)35-81/h9-18,26,32-33,36-37,40,44-48,50,52-53,56-60,70,80-88,96H,4-8,19-25,27-31,34-35H2,1-3H3,(H,71,93)(H,72,89)(H,74,90)(H,75,91)(H,76,92)/t36-,37+,40?,46+,47+,48-,50-,52+,53+,56-,57-,58-,59-,60-,69?/m0/s1. The predicted octanol–water partition coefficient (Wildman–Crippen LogP) is 0.703. The molecule has 31 nitrogen and oxygen atoms in total. The zero-order chi connectivity index (χ0) is 73.1. The number of imidazole rings is 1. The Morgan fingerprint density at radius 3 is 2.12 bits per heavy atom. The van der Waals surface area contributed by atoms with Crippen LogP contribution in [-0.2, 0) is 49.3 Å². The van der Waals surface area contributed by atoms with Gasteiger partial charge in [0.05, 0.1) is 72.1 Å². The van der Waals surface area contributed by atoms with Crippen LogP contribution in [0.15, 0.2) is 79.1 Å². The van der Waals surface area contributed by atoms with Crippen LogP contribution in [0.2, 0.25) is 0 Å². The number of thiazole rings is 1. The molecule has 13 atom stereocenters. The minimum atomic E-state index is -2.16. The average molecular weight is 1460 g/mol. The van der Waals surface area contributed by atoms with E-state index in [2.05, 4.69) is 65.5 Å². The molecular weight excluding hydrogens is 1370 g/mol. The van der Waals surface area contributed by atoms with Crippen LogP contribution in [0.3, 0.4) is 0 Å². The monoisotopic (exact) mass is 1460 g/mol. The Bertz CT molecular complexity index is 3670. The van der Waals surface area contributed by atoms with Gasteiger partial charge in [-0.2, -0.15) is 0 Å². The summed E-state index contributed by atoms with van der Waals surface area (Å²) in [6.45, 7) is -0.289. The Kier molecular flexibility index (Phi) is 26.4. The van der Waals surface area contributed by atoms with Crippen molar-refractivity contribution in [1.29, 1.82) is 0 Å². The van der Waals surface area contributed by atoms with Crippen LogP contribution in [0.4, 0.5) is 0 Å². The number of aliphatic hydroxyl groups is 8. The third kappa shape index (κ3) is 18.2. The van der Waals surface area contributed by atoms with Gasteiger partial charge in [0.15, 0.2) is 16.5 Å². The lowest BCUT2D eigenvalue weighted by Gasteiger charge is -2.46. The van der Waals surface area contributed by atoms with Crippen LogP contribution in [0.1, 0.15) is 118 Å². The van der Waals surface area contributed by atoms with Gasteiger partial charge < -0.3 is 96.6 Å². The highest BCUT2D eigenvalue weighted by molar-refractivity contribution is 7.90. The fourth-order valence-electron chi connectivity index (χ4n) is 14.8. The van der Waals surface area contributed by atoms with Crippen LogP contribution in [0.5, 0.6) is 11.5 Å². The summed E-state index contributed by atoms with van der Waals surface area (Å²) in [7, 11) is 1.89. The summed E-state index contributed by atoms with van der Waals surface area (Å²) in [5.41, 5.74) is 3.77. The highest BCUT2D eigenvalue weighted by Crippen LogP contribution is 2.48. The van der Waals surface area contributed by atoms with E-state index in [1.165, 1.54) is 80.2 Å². The number of ether oxygens (including phenoxy) is 1. The van der Waals surface area contributed by atoms with Crippen molar-refractivity contribution in [3.63, 3.8) is 0 Å². The van der Waals surface area contributed by atoms with E-state index in [1.54, 1.807) is 12.1 Å². The van der Waals surface area contributed by atoms with Gasteiger partial charge in [-0.3, -0.25) is 38.0 Å². The smallest absolute Gasteiger partial charge is 0.261 e. The third-order valence-electron chi connectivity index (χ3n) is 20.6. The quantitative estimate of drug-likeness (QED) is 0.0196. The first-order valence-corrected chi connectivity index (χ1v) is 35.9. The van der Waals surface area contributed by atoms with Gasteiger partial charge >= 0.3 is 0 Å². The molecule has 7 amide bonds. The third-order valence-corrected chi connectivity index (χ3v) is 22.0. The van der Waals surface area contributed by atoms with Gasteiger partial charge in [-0.15, -0.1) is 0 Å². The maximum Gasteiger partial charge on any atom is 0.261 e. The van der Waals surface area contributed by atoms with Crippen LogP contribution in [-0.4, -0.2) is 243 Å². The SMILES string of the molecule is COC1(C2CCCCC2)CCC(c2ccc(-c3cn4cc(-c5ccc(C(=O)N[C@H]6C[C@@H](O)CNC(=O)[C@@H]7[C@@H](O)[C@@H](C)CN7C(=O)[C@H]([C@H](O)CCNC(CO)CO)NC(=O)[C@H]([C@H](O)Cc7ccc(O)c(OSOOO)c7)NC(=O)[C@@H]7C[C@@H](O)CN7C(=O)[C@H]([C@@H](C)O)NC6=O)cc5)nc4s3)cc2)CC1. The molecule has 5 aromatic rings. The molecule has 3 aromatic carbocycles. The molecule has 556 valence electrons. The molecule has 2 saturated carbocycles. The summed E-state index contributed by atoms with van der Waals surface area (Å²) in [4.78, 5) is 111. The van der Waals surface area contributed by atoms with E-state index in [0.717, 1.165) is 63.9 Å². The minimum absolute atomic E-state index is 0.0125. The number of hydrogen-bond acceptors (Lipinski definition) is 25. The number of phenols is 1. The van der Waals surface area contributed by atoms with Crippen LogP contribution < -0.4 is 36.1 Å². The van der Waals surface area contributed by atoms with Crippen LogP contribution in [0.25, 0.3) is 26.7 Å². The maximum absolute atomic E-state index is 15.0. The number of hydrogen-bond donors (Lipinski definition) is 16. The van der Waals surface area contributed by atoms with Gasteiger partial charge in [0, 0.05) is 75.4 Å². The van der Waals surface area contributed by atoms with E-state index in [0.29, 0.717) is 23.1 Å². The number of rotatable bonds is 22. The first-order chi connectivity index (χ1) is 48.9. The Balaban J connectivity index is 0.889. The first kappa shape index (κ1) is 77.2. The molecule has 2 aliphatic carbocycles. The number of aromatic hydroxyl groups is 1. The second-order valence-corrected chi connectivity index (χ2v) is 28.8. The van der Waals surface area contributed by atoms with Crippen LogP contribution in [0, 0.1) is 11.8 Å². The summed E-state index contributed by atoms with van der Waals surface area (Å²) < 4.78 is 17.6.